The molecule has 4 heteroatoms. The summed E-state index contributed by atoms with van der Waals surface area (Å²) < 4.78 is 12.7. The molecule has 0 fully saturated rings. The average Bonchev–Trinajstić information content (AvgIpc) is 3.27. The van der Waals surface area contributed by atoms with Crippen molar-refractivity contribution in [1.82, 2.24) is 0 Å². The van der Waals surface area contributed by atoms with Crippen molar-refractivity contribution in [2.24, 2.45) is 0 Å². The SMILES string of the molecule is CC(C)(C)[Si](C)(C)OCCC#Cc1c2c(c([Si](C)(C)C(C)(C)C)c3c1CCO3)CCC2. The summed E-state index contributed by atoms with van der Waals surface area (Å²) in [5.41, 5.74) is 5.84. The van der Waals surface area contributed by atoms with Gasteiger partial charge in [0.25, 0.3) is 0 Å². The lowest BCUT2D eigenvalue weighted by Gasteiger charge is -2.39. The largest absolute Gasteiger partial charge is 0.493 e. The van der Waals surface area contributed by atoms with Crippen LogP contribution in [0.3, 0.4) is 0 Å². The molecule has 0 aromatic heterocycles. The third-order valence-corrected chi connectivity index (χ3v) is 18.5. The quantitative estimate of drug-likeness (QED) is 0.289. The van der Waals surface area contributed by atoms with Crippen molar-refractivity contribution in [2.75, 3.05) is 13.2 Å². The van der Waals surface area contributed by atoms with Gasteiger partial charge < -0.3 is 9.16 Å². The molecule has 0 saturated heterocycles. The van der Waals surface area contributed by atoms with Gasteiger partial charge in [0.2, 0.25) is 0 Å². The Hall–Kier alpha value is -1.03. The van der Waals surface area contributed by atoms with E-state index in [9.17, 15) is 0 Å². The van der Waals surface area contributed by atoms with Crippen molar-refractivity contribution in [2.45, 2.75) is 110 Å². The fraction of sp³-hybridized carbons (Fsp3) is 0.704. The molecule has 1 aromatic carbocycles. The second kappa shape index (κ2) is 8.39. The van der Waals surface area contributed by atoms with Crippen molar-refractivity contribution in [3.05, 3.63) is 22.3 Å². The van der Waals surface area contributed by atoms with Crippen molar-refractivity contribution in [3.63, 3.8) is 0 Å². The van der Waals surface area contributed by atoms with Crippen LogP contribution in [0.4, 0.5) is 0 Å². The van der Waals surface area contributed by atoms with E-state index in [0.29, 0.717) is 5.04 Å². The summed E-state index contributed by atoms with van der Waals surface area (Å²) in [6.07, 6.45) is 5.43. The molecule has 0 unspecified atom stereocenters. The summed E-state index contributed by atoms with van der Waals surface area (Å²) in [5.74, 6) is 8.30. The van der Waals surface area contributed by atoms with Crippen molar-refractivity contribution >= 4 is 21.6 Å². The first-order chi connectivity index (χ1) is 14.2. The molecule has 3 rings (SSSR count). The molecule has 2 aliphatic rings. The highest BCUT2D eigenvalue weighted by molar-refractivity contribution is 6.93. The monoisotopic (exact) mass is 456 g/mol. The lowest BCUT2D eigenvalue weighted by molar-refractivity contribution is 0.296. The Morgan fingerprint density at radius 2 is 1.52 bits per heavy atom. The summed E-state index contributed by atoms with van der Waals surface area (Å²) in [7, 11) is -3.39. The summed E-state index contributed by atoms with van der Waals surface area (Å²) in [6.45, 7) is 25.4. The average molecular weight is 457 g/mol. The van der Waals surface area contributed by atoms with Crippen LogP contribution in [0.1, 0.15) is 76.6 Å². The molecular weight excluding hydrogens is 412 g/mol. The molecule has 0 N–H and O–H groups in total. The minimum absolute atomic E-state index is 0.249. The van der Waals surface area contributed by atoms with E-state index in [4.69, 9.17) is 9.16 Å². The first-order valence-electron chi connectivity index (χ1n) is 12.1. The lowest BCUT2D eigenvalue weighted by atomic mass is 9.95. The molecule has 1 heterocycles. The van der Waals surface area contributed by atoms with E-state index in [0.717, 1.165) is 26.1 Å². The fourth-order valence-corrected chi connectivity index (χ4v) is 8.06. The third-order valence-electron chi connectivity index (χ3n) is 8.43. The zero-order valence-electron chi connectivity index (χ0n) is 21.8. The van der Waals surface area contributed by atoms with Gasteiger partial charge in [0, 0.05) is 30.6 Å². The first-order valence-corrected chi connectivity index (χ1v) is 18.1. The highest BCUT2D eigenvalue weighted by atomic mass is 28.4. The summed E-state index contributed by atoms with van der Waals surface area (Å²) in [6, 6.07) is 0. The maximum absolute atomic E-state index is 6.34. The van der Waals surface area contributed by atoms with E-state index in [1.807, 2.05) is 0 Å². The molecule has 2 nitrogen and oxygen atoms in total. The Labute approximate surface area is 193 Å². The standard InChI is InChI=1S/C27H44O2Si2/c1-26(2,3)30(7,8)25-23-16-13-15-21(23)20(22-17-19-28-24(22)25)14-11-12-18-29-31(9,10)27(4,5)6/h12-13,15-19H2,1-10H3. The van der Waals surface area contributed by atoms with Crippen LogP contribution in [-0.4, -0.2) is 29.6 Å². The van der Waals surface area contributed by atoms with Crippen LogP contribution >= 0.6 is 0 Å². The van der Waals surface area contributed by atoms with Crippen LogP contribution in [0.2, 0.25) is 36.3 Å². The van der Waals surface area contributed by atoms with Crippen LogP contribution in [0, 0.1) is 11.8 Å². The van der Waals surface area contributed by atoms with Gasteiger partial charge in [-0.3, -0.25) is 0 Å². The van der Waals surface area contributed by atoms with Gasteiger partial charge in [0.05, 0.1) is 14.7 Å². The summed E-state index contributed by atoms with van der Waals surface area (Å²) >= 11 is 0. The predicted octanol–water partition coefficient (Wildman–Crippen LogP) is 6.59. The van der Waals surface area contributed by atoms with Crippen LogP contribution in [-0.2, 0) is 23.7 Å². The van der Waals surface area contributed by atoms with Gasteiger partial charge in [-0.2, -0.15) is 0 Å². The van der Waals surface area contributed by atoms with Crippen LogP contribution in [0.15, 0.2) is 0 Å². The first kappa shape index (κ1) is 24.6. The van der Waals surface area contributed by atoms with Crippen molar-refractivity contribution < 1.29 is 9.16 Å². The van der Waals surface area contributed by atoms with Crippen molar-refractivity contribution in [1.29, 1.82) is 0 Å². The Kier molecular flexibility index (Phi) is 6.66. The van der Waals surface area contributed by atoms with Crippen molar-refractivity contribution in [3.8, 4) is 17.6 Å². The summed E-state index contributed by atoms with van der Waals surface area (Å²) in [4.78, 5) is 0. The molecule has 0 spiro atoms. The van der Waals surface area contributed by atoms with Gasteiger partial charge in [-0.25, -0.2) is 0 Å². The van der Waals surface area contributed by atoms with Gasteiger partial charge in [0.1, 0.15) is 5.75 Å². The Morgan fingerprint density at radius 3 is 2.13 bits per heavy atom. The molecule has 0 atom stereocenters. The second-order valence-electron chi connectivity index (χ2n) is 12.5. The summed E-state index contributed by atoms with van der Waals surface area (Å²) in [5, 5.41) is 2.16. The third kappa shape index (κ3) is 4.56. The number of hydrogen-bond acceptors (Lipinski definition) is 2. The second-order valence-corrected chi connectivity index (χ2v) is 22.6. The van der Waals surface area contributed by atoms with Gasteiger partial charge in [0.15, 0.2) is 8.32 Å². The van der Waals surface area contributed by atoms with Gasteiger partial charge >= 0.3 is 0 Å². The zero-order chi connectivity index (χ0) is 23.2. The number of fused-ring (bicyclic) bond motifs is 2. The maximum atomic E-state index is 6.34. The lowest BCUT2D eigenvalue weighted by Crippen LogP contribution is -2.51. The van der Waals surface area contributed by atoms with Gasteiger partial charge in [-0.05, 0) is 58.7 Å². The minimum Gasteiger partial charge on any atom is -0.493 e. The molecule has 0 saturated carbocycles. The molecule has 31 heavy (non-hydrogen) atoms. The highest BCUT2D eigenvalue weighted by Gasteiger charge is 2.44. The normalized spacial score (nSPS) is 16.5. The number of benzene rings is 1. The number of hydrogen-bond donors (Lipinski definition) is 0. The Bertz CT molecular complexity index is 867. The van der Waals surface area contributed by atoms with Crippen LogP contribution in [0.5, 0.6) is 5.75 Å². The molecule has 0 radical (unpaired) electrons. The van der Waals surface area contributed by atoms with Crippen LogP contribution < -0.4 is 9.92 Å². The number of ether oxygens (including phenoxy) is 1. The zero-order valence-corrected chi connectivity index (χ0v) is 23.8. The van der Waals surface area contributed by atoms with E-state index >= 15 is 0 Å². The minimum atomic E-state index is -1.70. The molecular formula is C27H44O2Si2. The van der Waals surface area contributed by atoms with E-state index in [2.05, 4.69) is 79.6 Å². The van der Waals surface area contributed by atoms with Crippen LogP contribution in [0.25, 0.3) is 0 Å². The van der Waals surface area contributed by atoms with E-state index < -0.39 is 16.4 Å². The number of rotatable bonds is 4. The topological polar surface area (TPSA) is 18.5 Å². The Balaban J connectivity index is 1.93. The van der Waals surface area contributed by atoms with E-state index in [-0.39, 0.29) is 5.04 Å². The molecule has 1 aliphatic heterocycles. The highest BCUT2D eigenvalue weighted by Crippen LogP contribution is 2.44. The van der Waals surface area contributed by atoms with Gasteiger partial charge in [-0.15, -0.1) is 0 Å². The van der Waals surface area contributed by atoms with E-state index in [1.54, 1.807) is 16.3 Å². The van der Waals surface area contributed by atoms with Gasteiger partial charge in [-0.1, -0.05) is 66.5 Å². The Morgan fingerprint density at radius 1 is 0.871 bits per heavy atom. The molecule has 0 bridgehead atoms. The predicted molar refractivity (Wildman–Crippen MR) is 139 cm³/mol. The van der Waals surface area contributed by atoms with E-state index in [1.165, 1.54) is 36.1 Å². The molecule has 0 amide bonds. The molecule has 1 aromatic rings. The molecule has 1 aliphatic carbocycles. The smallest absolute Gasteiger partial charge is 0.192 e. The fourth-order valence-electron chi connectivity index (χ4n) is 4.44. The maximum Gasteiger partial charge on any atom is 0.192 e. The molecule has 172 valence electrons.